The molecule has 2 aliphatic rings. The van der Waals surface area contributed by atoms with Gasteiger partial charge in [0.05, 0.1) is 17.6 Å². The van der Waals surface area contributed by atoms with E-state index in [-0.39, 0.29) is 0 Å². The van der Waals surface area contributed by atoms with Crippen molar-refractivity contribution < 1.29 is 0 Å². The van der Waals surface area contributed by atoms with Crippen LogP contribution in [0.5, 0.6) is 0 Å². The van der Waals surface area contributed by atoms with Gasteiger partial charge in [-0.2, -0.15) is 0 Å². The van der Waals surface area contributed by atoms with Crippen molar-refractivity contribution >= 4 is 40.8 Å². The summed E-state index contributed by atoms with van der Waals surface area (Å²) in [5, 5.41) is 0. The third kappa shape index (κ3) is 3.90. The van der Waals surface area contributed by atoms with Crippen LogP contribution in [0.1, 0.15) is 55.4 Å². The number of hydrogen-bond acceptors (Lipinski definition) is 0. The van der Waals surface area contributed by atoms with Crippen molar-refractivity contribution in [1.82, 2.24) is 0 Å². The molecule has 0 saturated carbocycles. The molecule has 0 bridgehead atoms. The lowest BCUT2D eigenvalue weighted by molar-refractivity contribution is 1.05. The number of halogens is 2. The van der Waals surface area contributed by atoms with E-state index in [0.29, 0.717) is 11.1 Å². The second-order valence-electron chi connectivity index (χ2n) is 8.59. The van der Waals surface area contributed by atoms with Gasteiger partial charge >= 0.3 is 0 Å². The maximum Gasteiger partial charge on any atom is 0.0661 e. The highest BCUT2D eigenvalue weighted by Crippen LogP contribution is 2.46. The van der Waals surface area contributed by atoms with E-state index < -0.39 is 17.6 Å². The summed E-state index contributed by atoms with van der Waals surface area (Å²) in [6, 6.07) is 2.70. The molecular weight excluding hydrogens is 391 g/mol. The Kier molecular flexibility index (Phi) is 7.69. The fraction of sp³-hybridized carbons (Fsp3) is 0.636. The van der Waals surface area contributed by atoms with Crippen molar-refractivity contribution in [3.8, 4) is 0 Å². The minimum Gasteiger partial charge on any atom is -0.130 e. The van der Waals surface area contributed by atoms with Gasteiger partial charge in [0.25, 0.3) is 0 Å². The van der Waals surface area contributed by atoms with Gasteiger partial charge in [-0.25, -0.2) is 0 Å². The summed E-state index contributed by atoms with van der Waals surface area (Å²) >= 11 is 13.1. The zero-order valence-electron chi connectivity index (χ0n) is 17.9. The number of hydrogen-bond donors (Lipinski definition) is 0. The topological polar surface area (TPSA) is 0 Å². The second kappa shape index (κ2) is 8.98. The molecule has 0 aromatic heterocycles. The van der Waals surface area contributed by atoms with E-state index in [1.165, 1.54) is 34.4 Å². The highest BCUT2D eigenvalue weighted by molar-refractivity contribution is 6.74. The lowest BCUT2D eigenvalue weighted by Crippen LogP contribution is -2.30. The van der Waals surface area contributed by atoms with Crippen molar-refractivity contribution in [2.24, 2.45) is 0 Å². The van der Waals surface area contributed by atoms with Crippen LogP contribution >= 0.6 is 23.2 Å². The lowest BCUT2D eigenvalue weighted by Gasteiger charge is -2.28. The molecule has 0 fully saturated rings. The molecule has 0 spiro atoms. The molecule has 0 N–H and O–H groups in total. The molecule has 26 heavy (non-hydrogen) atoms. The van der Waals surface area contributed by atoms with Crippen LogP contribution in [0.25, 0.3) is 0 Å². The van der Waals surface area contributed by atoms with Gasteiger partial charge in [0.2, 0.25) is 0 Å². The van der Waals surface area contributed by atoms with Crippen molar-refractivity contribution in [2.45, 2.75) is 78.6 Å². The van der Waals surface area contributed by atoms with Crippen LogP contribution in [0, 0.1) is 0 Å². The summed E-state index contributed by atoms with van der Waals surface area (Å²) in [6.07, 6.45) is 0. The molecule has 0 aromatic carbocycles. The van der Waals surface area contributed by atoms with Gasteiger partial charge in [-0.1, -0.05) is 34.4 Å². The molecule has 0 aliphatic heterocycles. The fourth-order valence-electron chi connectivity index (χ4n) is 5.27. The number of alkyl halides is 2. The highest BCUT2D eigenvalue weighted by Gasteiger charge is 2.35. The summed E-state index contributed by atoms with van der Waals surface area (Å²) in [7, 11) is -2.10. The van der Waals surface area contributed by atoms with Crippen molar-refractivity contribution in [2.75, 3.05) is 11.0 Å². The van der Waals surface area contributed by atoms with E-state index in [1.807, 2.05) is 0 Å². The molecule has 0 aromatic rings. The Hall–Kier alpha value is -0.0262. The van der Waals surface area contributed by atoms with Gasteiger partial charge in [0.15, 0.2) is 0 Å². The van der Waals surface area contributed by atoms with Crippen LogP contribution in [0.3, 0.4) is 0 Å². The first-order valence-electron chi connectivity index (χ1n) is 9.99. The van der Waals surface area contributed by atoms with Crippen LogP contribution in [-0.2, 0) is 0 Å². The minimum atomic E-state index is -1.05. The summed E-state index contributed by atoms with van der Waals surface area (Å²) in [5.41, 5.74) is 15.6. The first-order chi connectivity index (χ1) is 12.2. The first kappa shape index (κ1) is 22.3. The Labute approximate surface area is 174 Å². The maximum absolute atomic E-state index is 6.54. The molecule has 0 heterocycles. The van der Waals surface area contributed by atoms with Crippen molar-refractivity contribution in [1.29, 1.82) is 0 Å². The number of rotatable bonds is 7. The van der Waals surface area contributed by atoms with E-state index in [1.54, 1.807) is 22.3 Å². The molecule has 0 nitrogen and oxygen atoms in total. The van der Waals surface area contributed by atoms with Crippen LogP contribution in [0.15, 0.2) is 44.6 Å². The zero-order chi connectivity index (χ0) is 19.8. The molecule has 146 valence electrons. The van der Waals surface area contributed by atoms with Crippen LogP contribution < -0.4 is 0 Å². The van der Waals surface area contributed by atoms with Gasteiger partial charge in [0.1, 0.15) is 0 Å². The fourth-order valence-corrected chi connectivity index (χ4v) is 15.9. The third-order valence-corrected chi connectivity index (χ3v) is 17.5. The Morgan fingerprint density at radius 2 is 0.769 bits per heavy atom. The average molecular weight is 428 g/mol. The second-order valence-corrected chi connectivity index (χ2v) is 16.6. The molecule has 2 atom stereocenters. The molecular formula is C22H36Cl2Si2. The predicted octanol–water partition coefficient (Wildman–Crippen LogP) is 7.11. The van der Waals surface area contributed by atoms with E-state index in [9.17, 15) is 0 Å². The monoisotopic (exact) mass is 426 g/mol. The molecule has 2 rings (SSSR count). The molecule has 0 saturated heterocycles. The molecule has 0 amide bonds. The van der Waals surface area contributed by atoms with E-state index >= 15 is 0 Å². The summed E-state index contributed by atoms with van der Waals surface area (Å²) in [5.74, 6) is 0. The molecule has 2 unspecified atom stereocenters. The van der Waals surface area contributed by atoms with E-state index in [2.05, 4.69) is 55.4 Å². The van der Waals surface area contributed by atoms with Crippen LogP contribution in [0.4, 0.5) is 0 Å². The normalized spacial score (nSPS) is 22.4. The molecule has 2 aliphatic carbocycles. The van der Waals surface area contributed by atoms with Gasteiger partial charge < -0.3 is 0 Å². The van der Waals surface area contributed by atoms with Crippen LogP contribution in [0.2, 0.25) is 23.2 Å². The third-order valence-electron chi connectivity index (χ3n) is 7.60. The smallest absolute Gasteiger partial charge is 0.0661 e. The standard InChI is InChI=1S/C22H36Cl2Si2/c1-13-14(2)18(6)21(17(13)5)25(11-23)9-10-26(12-24)22-19(7)15(3)16(4)20(22)8/h21-22,25-26H,9-12H2,1-8H3. The zero-order valence-corrected chi connectivity index (χ0v) is 21.7. The maximum atomic E-state index is 6.54. The quantitative estimate of drug-likeness (QED) is 0.300. The Bertz CT molecular complexity index is 589. The highest BCUT2D eigenvalue weighted by atomic mass is 35.5. The Morgan fingerprint density at radius 3 is 0.962 bits per heavy atom. The van der Waals surface area contributed by atoms with Crippen molar-refractivity contribution in [3.05, 3.63) is 44.6 Å². The van der Waals surface area contributed by atoms with Gasteiger partial charge in [-0.05, 0) is 88.8 Å². The van der Waals surface area contributed by atoms with E-state index in [4.69, 9.17) is 23.2 Å². The minimum absolute atomic E-state index is 0.679. The largest absolute Gasteiger partial charge is 0.130 e. The SMILES string of the molecule is CC1=C(C)C([SiH](CCl)CC[SiH](CCl)C2C(C)=C(C)C(C)=C2C)C(C)=C1C. The van der Waals surface area contributed by atoms with Crippen LogP contribution in [-0.4, -0.2) is 28.6 Å². The summed E-state index contributed by atoms with van der Waals surface area (Å²) in [6.45, 7) is 18.5. The number of allylic oxidation sites excluding steroid dienone is 8. The summed E-state index contributed by atoms with van der Waals surface area (Å²) < 4.78 is 0. The predicted molar refractivity (Wildman–Crippen MR) is 126 cm³/mol. The lowest BCUT2D eigenvalue weighted by atomic mass is 10.1. The van der Waals surface area contributed by atoms with E-state index in [0.717, 1.165) is 11.0 Å². The van der Waals surface area contributed by atoms with Gasteiger partial charge in [0, 0.05) is 11.0 Å². The van der Waals surface area contributed by atoms with Gasteiger partial charge in [-0.15, -0.1) is 23.2 Å². The summed E-state index contributed by atoms with van der Waals surface area (Å²) in [4.78, 5) is 0. The Morgan fingerprint density at radius 1 is 0.538 bits per heavy atom. The first-order valence-corrected chi connectivity index (χ1v) is 15.7. The molecule has 4 heteroatoms. The Balaban J connectivity index is 2.16. The van der Waals surface area contributed by atoms with Crippen molar-refractivity contribution in [3.63, 3.8) is 0 Å². The average Bonchev–Trinajstić information content (AvgIpc) is 2.94. The molecule has 0 radical (unpaired) electrons. The van der Waals surface area contributed by atoms with Gasteiger partial charge in [-0.3, -0.25) is 0 Å².